The summed E-state index contributed by atoms with van der Waals surface area (Å²) in [6, 6.07) is -0.0652. The minimum atomic E-state index is -0.646. The summed E-state index contributed by atoms with van der Waals surface area (Å²) in [6.07, 6.45) is 5.73. The van der Waals surface area contributed by atoms with Crippen molar-refractivity contribution in [1.29, 1.82) is 0 Å². The number of rotatable bonds is 2. The van der Waals surface area contributed by atoms with Crippen molar-refractivity contribution in [2.75, 3.05) is 0 Å². The van der Waals surface area contributed by atoms with Crippen molar-refractivity contribution in [3.63, 3.8) is 0 Å². The Hall–Kier alpha value is -1.43. The van der Waals surface area contributed by atoms with Crippen molar-refractivity contribution < 1.29 is 9.59 Å². The van der Waals surface area contributed by atoms with Gasteiger partial charge in [0.25, 0.3) is 0 Å². The van der Waals surface area contributed by atoms with Gasteiger partial charge in [0.05, 0.1) is 12.1 Å². The quantitative estimate of drug-likeness (QED) is 0.902. The summed E-state index contributed by atoms with van der Waals surface area (Å²) in [7, 11) is 0. The Balaban J connectivity index is 1.89. The molecule has 1 saturated heterocycles. The van der Waals surface area contributed by atoms with Gasteiger partial charge in [0, 0.05) is 23.5 Å². The predicted molar refractivity (Wildman–Crippen MR) is 76.1 cm³/mol. The third kappa shape index (κ3) is 2.32. The topological polar surface area (TPSA) is 62.3 Å². The Morgan fingerprint density at radius 3 is 2.85 bits per heavy atom. The molecular weight excluding hydrogens is 274 g/mol. The molecule has 0 aromatic carbocycles. The summed E-state index contributed by atoms with van der Waals surface area (Å²) in [6.45, 7) is 2.51. The van der Waals surface area contributed by atoms with E-state index in [1.165, 1.54) is 0 Å². The van der Waals surface area contributed by atoms with E-state index in [1.54, 1.807) is 23.0 Å². The van der Waals surface area contributed by atoms with Crippen LogP contribution < -0.4 is 5.32 Å². The molecule has 108 valence electrons. The number of aromatic nitrogens is 1. The minimum Gasteiger partial charge on any atom is -0.342 e. The highest BCUT2D eigenvalue weighted by atomic mass is 32.1. The first kappa shape index (κ1) is 13.5. The maximum absolute atomic E-state index is 12.9. The second-order valence-corrected chi connectivity index (χ2v) is 6.76. The van der Waals surface area contributed by atoms with Crippen LogP contribution in [0.25, 0.3) is 0 Å². The molecule has 2 amide bonds. The van der Waals surface area contributed by atoms with Gasteiger partial charge in [0.1, 0.15) is 5.54 Å². The number of nitrogens with one attached hydrogen (secondary N) is 1. The average Bonchev–Trinajstić information content (AvgIpc) is 3.04. The zero-order chi connectivity index (χ0) is 14.2. The number of amides is 2. The summed E-state index contributed by atoms with van der Waals surface area (Å²) >= 11 is 1.55. The molecule has 2 fully saturated rings. The molecule has 0 bridgehead atoms. The van der Waals surface area contributed by atoms with E-state index in [-0.39, 0.29) is 17.9 Å². The van der Waals surface area contributed by atoms with Gasteiger partial charge in [0.2, 0.25) is 11.8 Å². The summed E-state index contributed by atoms with van der Waals surface area (Å²) in [5, 5.41) is 3.00. The summed E-state index contributed by atoms with van der Waals surface area (Å²) in [5.41, 5.74) is 1.13. The third-order valence-electron chi connectivity index (χ3n) is 4.33. The van der Waals surface area contributed by atoms with Crippen LogP contribution in [0.3, 0.4) is 0 Å². The van der Waals surface area contributed by atoms with E-state index in [1.807, 2.05) is 11.8 Å². The van der Waals surface area contributed by atoms with E-state index in [2.05, 4.69) is 10.3 Å². The van der Waals surface area contributed by atoms with E-state index < -0.39 is 5.54 Å². The maximum atomic E-state index is 12.9. The molecule has 1 aromatic heterocycles. The standard InChI is InChI=1S/C14H19N3O2S/c1-10-6-12(18)16-14(4-2-3-5-14)13(19)17(10)8-11-7-15-9-20-11/h7,9-10H,2-6,8H2,1H3,(H,16,18). The average molecular weight is 293 g/mol. The fourth-order valence-electron chi connectivity index (χ4n) is 3.26. The van der Waals surface area contributed by atoms with Gasteiger partial charge < -0.3 is 10.2 Å². The minimum absolute atomic E-state index is 0.000412. The first-order chi connectivity index (χ1) is 9.61. The Kier molecular flexibility index (Phi) is 3.50. The molecule has 2 aliphatic rings. The van der Waals surface area contributed by atoms with Gasteiger partial charge in [-0.05, 0) is 19.8 Å². The van der Waals surface area contributed by atoms with Gasteiger partial charge >= 0.3 is 0 Å². The Bertz CT molecular complexity index is 508. The van der Waals surface area contributed by atoms with Crippen LogP contribution >= 0.6 is 11.3 Å². The molecule has 0 radical (unpaired) electrons. The van der Waals surface area contributed by atoms with Crippen LogP contribution in [0.15, 0.2) is 11.7 Å². The molecule has 5 nitrogen and oxygen atoms in total. The van der Waals surface area contributed by atoms with E-state index >= 15 is 0 Å². The number of hydrogen-bond acceptors (Lipinski definition) is 4. The number of nitrogens with zero attached hydrogens (tertiary/aromatic N) is 2. The third-order valence-corrected chi connectivity index (χ3v) is 5.09. The lowest BCUT2D eigenvalue weighted by molar-refractivity contribution is -0.140. The van der Waals surface area contributed by atoms with Crippen molar-refractivity contribution in [2.45, 2.75) is 57.2 Å². The summed E-state index contributed by atoms with van der Waals surface area (Å²) in [4.78, 5) is 32.0. The van der Waals surface area contributed by atoms with Crippen LogP contribution in [-0.4, -0.2) is 33.3 Å². The number of hydrogen-bond donors (Lipinski definition) is 1. The largest absolute Gasteiger partial charge is 0.342 e. The van der Waals surface area contributed by atoms with Crippen molar-refractivity contribution in [1.82, 2.24) is 15.2 Å². The van der Waals surface area contributed by atoms with Crippen LogP contribution in [0.5, 0.6) is 0 Å². The monoisotopic (exact) mass is 293 g/mol. The van der Waals surface area contributed by atoms with Crippen molar-refractivity contribution in [3.8, 4) is 0 Å². The molecule has 3 rings (SSSR count). The molecule has 1 atom stereocenters. The highest BCUT2D eigenvalue weighted by molar-refractivity contribution is 7.09. The van der Waals surface area contributed by atoms with Crippen LogP contribution in [0.2, 0.25) is 0 Å². The van der Waals surface area contributed by atoms with Crippen molar-refractivity contribution in [3.05, 3.63) is 16.6 Å². The Morgan fingerprint density at radius 2 is 2.20 bits per heavy atom. The smallest absolute Gasteiger partial charge is 0.248 e. The van der Waals surface area contributed by atoms with Crippen LogP contribution in [-0.2, 0) is 16.1 Å². The highest BCUT2D eigenvalue weighted by Gasteiger charge is 2.47. The van der Waals surface area contributed by atoms with Gasteiger partial charge in [-0.1, -0.05) is 12.8 Å². The zero-order valence-electron chi connectivity index (χ0n) is 11.6. The molecule has 1 N–H and O–H groups in total. The van der Waals surface area contributed by atoms with Crippen molar-refractivity contribution >= 4 is 23.2 Å². The zero-order valence-corrected chi connectivity index (χ0v) is 12.4. The van der Waals surface area contributed by atoms with Crippen LogP contribution in [0, 0.1) is 0 Å². The van der Waals surface area contributed by atoms with E-state index in [9.17, 15) is 9.59 Å². The maximum Gasteiger partial charge on any atom is 0.248 e. The molecular formula is C14H19N3O2S. The molecule has 1 saturated carbocycles. The Morgan fingerprint density at radius 1 is 1.45 bits per heavy atom. The van der Waals surface area contributed by atoms with Gasteiger partial charge in [-0.25, -0.2) is 0 Å². The fourth-order valence-corrected chi connectivity index (χ4v) is 3.85. The molecule has 20 heavy (non-hydrogen) atoms. The van der Waals surface area contributed by atoms with Gasteiger partial charge in [-0.2, -0.15) is 0 Å². The molecule has 6 heteroatoms. The highest BCUT2D eigenvalue weighted by Crippen LogP contribution is 2.34. The molecule has 1 aliphatic heterocycles. The molecule has 1 spiro atoms. The second kappa shape index (κ2) is 5.16. The first-order valence-electron chi connectivity index (χ1n) is 7.10. The molecule has 1 aliphatic carbocycles. The van der Waals surface area contributed by atoms with Crippen LogP contribution in [0.4, 0.5) is 0 Å². The normalized spacial score (nSPS) is 25.9. The first-order valence-corrected chi connectivity index (χ1v) is 7.98. The lowest BCUT2D eigenvalue weighted by Crippen LogP contribution is -2.55. The SMILES string of the molecule is CC1CC(=O)NC2(CCCC2)C(=O)N1Cc1cncs1. The molecule has 1 unspecified atom stereocenters. The lowest BCUT2D eigenvalue weighted by atomic mass is 9.95. The number of thiazole rings is 1. The Labute approximate surface area is 122 Å². The van der Waals surface area contributed by atoms with E-state index in [0.29, 0.717) is 13.0 Å². The lowest BCUT2D eigenvalue weighted by Gasteiger charge is -2.33. The molecule has 1 aromatic rings. The van der Waals surface area contributed by atoms with Gasteiger partial charge in [-0.15, -0.1) is 11.3 Å². The fraction of sp³-hybridized carbons (Fsp3) is 0.643. The summed E-state index contributed by atoms with van der Waals surface area (Å²) < 4.78 is 0. The van der Waals surface area contributed by atoms with E-state index in [0.717, 1.165) is 30.6 Å². The van der Waals surface area contributed by atoms with Gasteiger partial charge in [-0.3, -0.25) is 14.6 Å². The van der Waals surface area contributed by atoms with Crippen molar-refractivity contribution in [2.24, 2.45) is 0 Å². The van der Waals surface area contributed by atoms with E-state index in [4.69, 9.17) is 0 Å². The number of carbonyl (C=O) groups excluding carboxylic acids is 2. The predicted octanol–water partition coefficient (Wildman–Crippen LogP) is 1.69. The molecule has 2 heterocycles. The van der Waals surface area contributed by atoms with Crippen LogP contribution in [0.1, 0.15) is 43.9 Å². The second-order valence-electron chi connectivity index (χ2n) is 5.79. The van der Waals surface area contributed by atoms with Gasteiger partial charge in [0.15, 0.2) is 0 Å². The number of carbonyl (C=O) groups is 2. The summed E-state index contributed by atoms with van der Waals surface area (Å²) in [5.74, 6) is 0.0845.